The number of anilines is 2. The summed E-state index contributed by atoms with van der Waals surface area (Å²) in [4.78, 5) is 11.0. The van der Waals surface area contributed by atoms with Crippen LogP contribution in [0.2, 0.25) is 5.02 Å². The van der Waals surface area contributed by atoms with Crippen LogP contribution < -0.4 is 5.32 Å². The monoisotopic (exact) mass is 283 g/mol. The number of carbonyl (C=O) groups is 1. The minimum atomic E-state index is -1.28. The summed E-state index contributed by atoms with van der Waals surface area (Å²) in [7, 11) is 0. The second-order valence-electron chi connectivity index (χ2n) is 3.75. The fourth-order valence-electron chi connectivity index (χ4n) is 1.53. The van der Waals surface area contributed by atoms with E-state index in [0.717, 1.165) is 18.2 Å². The number of aromatic carboxylic acids is 1. The molecule has 2 N–H and O–H groups in total. The van der Waals surface area contributed by atoms with Crippen LogP contribution in [-0.2, 0) is 0 Å². The Bertz CT molecular complexity index is 647. The lowest BCUT2D eigenvalue weighted by atomic mass is 10.1. The van der Waals surface area contributed by atoms with Crippen LogP contribution >= 0.6 is 11.6 Å². The van der Waals surface area contributed by atoms with Gasteiger partial charge in [-0.3, -0.25) is 0 Å². The predicted molar refractivity (Wildman–Crippen MR) is 68.1 cm³/mol. The molecule has 3 nitrogen and oxygen atoms in total. The summed E-state index contributed by atoms with van der Waals surface area (Å²) in [6.45, 7) is 0. The lowest BCUT2D eigenvalue weighted by Crippen LogP contribution is -2.03. The molecule has 0 spiro atoms. The average Bonchev–Trinajstić information content (AvgIpc) is 2.36. The maximum Gasteiger partial charge on any atom is 0.337 e. The van der Waals surface area contributed by atoms with Gasteiger partial charge in [-0.15, -0.1) is 0 Å². The van der Waals surface area contributed by atoms with E-state index in [1.807, 2.05) is 0 Å². The first-order valence-electron chi connectivity index (χ1n) is 5.22. The summed E-state index contributed by atoms with van der Waals surface area (Å²) in [5.41, 5.74) is 0.238. The fraction of sp³-hybridized carbons (Fsp3) is 0. The van der Waals surface area contributed by atoms with Crippen LogP contribution in [0.3, 0.4) is 0 Å². The molecular formula is C13H8ClF2NO2. The zero-order chi connectivity index (χ0) is 14.0. The molecule has 0 aromatic heterocycles. The molecule has 0 saturated heterocycles. The molecule has 2 aromatic carbocycles. The van der Waals surface area contributed by atoms with Crippen LogP contribution in [0.4, 0.5) is 20.2 Å². The standard InChI is InChI=1S/C13H8ClF2NO2/c14-10-3-2-8(6-11(10)16)17-12-4-1-7(15)5-9(12)13(18)19/h1-6,17H,(H,18,19). The molecule has 0 aliphatic carbocycles. The van der Waals surface area contributed by atoms with Crippen LogP contribution in [0.5, 0.6) is 0 Å². The Balaban J connectivity index is 2.37. The quantitative estimate of drug-likeness (QED) is 0.893. The number of carboxylic acid groups (broad SMARTS) is 1. The Morgan fingerprint density at radius 2 is 1.89 bits per heavy atom. The van der Waals surface area contributed by atoms with Gasteiger partial charge in [0, 0.05) is 5.69 Å². The Labute approximate surface area is 112 Å². The van der Waals surface area contributed by atoms with Gasteiger partial charge in [-0.25, -0.2) is 13.6 Å². The van der Waals surface area contributed by atoms with Gasteiger partial charge in [0.2, 0.25) is 0 Å². The molecule has 0 radical (unpaired) electrons. The fourth-order valence-corrected chi connectivity index (χ4v) is 1.65. The lowest BCUT2D eigenvalue weighted by molar-refractivity contribution is 0.0697. The minimum absolute atomic E-state index is 0.0388. The van der Waals surface area contributed by atoms with Crippen molar-refractivity contribution in [1.82, 2.24) is 0 Å². The van der Waals surface area contributed by atoms with Crippen LogP contribution in [0.15, 0.2) is 36.4 Å². The first-order valence-corrected chi connectivity index (χ1v) is 5.60. The number of benzene rings is 2. The Morgan fingerprint density at radius 1 is 1.16 bits per heavy atom. The number of rotatable bonds is 3. The van der Waals surface area contributed by atoms with Gasteiger partial charge in [-0.2, -0.15) is 0 Å². The van der Waals surface area contributed by atoms with Crippen molar-refractivity contribution in [3.63, 3.8) is 0 Å². The van der Waals surface area contributed by atoms with E-state index in [-0.39, 0.29) is 16.3 Å². The average molecular weight is 284 g/mol. The number of carboxylic acids is 1. The van der Waals surface area contributed by atoms with Crippen molar-refractivity contribution in [1.29, 1.82) is 0 Å². The molecule has 0 amide bonds. The predicted octanol–water partition coefficient (Wildman–Crippen LogP) is 4.06. The number of nitrogens with one attached hydrogen (secondary N) is 1. The van der Waals surface area contributed by atoms with Gasteiger partial charge >= 0.3 is 5.97 Å². The Kier molecular flexibility index (Phi) is 3.66. The van der Waals surface area contributed by atoms with Gasteiger partial charge in [0.25, 0.3) is 0 Å². The highest BCUT2D eigenvalue weighted by Crippen LogP contribution is 2.25. The molecule has 0 aliphatic rings. The molecule has 0 fully saturated rings. The van der Waals surface area contributed by atoms with E-state index in [1.165, 1.54) is 18.2 Å². The van der Waals surface area contributed by atoms with Crippen LogP contribution in [0, 0.1) is 11.6 Å². The molecule has 0 unspecified atom stereocenters. The topological polar surface area (TPSA) is 49.3 Å². The summed E-state index contributed by atoms with van der Waals surface area (Å²) in [6, 6.07) is 7.21. The highest BCUT2D eigenvalue weighted by molar-refractivity contribution is 6.30. The van der Waals surface area contributed by atoms with E-state index in [0.29, 0.717) is 5.69 Å². The third-order valence-electron chi connectivity index (χ3n) is 2.41. The van der Waals surface area contributed by atoms with Gasteiger partial charge < -0.3 is 10.4 Å². The van der Waals surface area contributed by atoms with E-state index >= 15 is 0 Å². The Morgan fingerprint density at radius 3 is 2.53 bits per heavy atom. The number of hydrogen-bond acceptors (Lipinski definition) is 2. The molecule has 0 saturated carbocycles. The molecule has 0 atom stereocenters. The minimum Gasteiger partial charge on any atom is -0.478 e. The van der Waals surface area contributed by atoms with E-state index < -0.39 is 17.6 Å². The van der Waals surface area contributed by atoms with Crippen LogP contribution in [0.1, 0.15) is 10.4 Å². The molecule has 19 heavy (non-hydrogen) atoms. The first kappa shape index (κ1) is 13.3. The summed E-state index contributed by atoms with van der Waals surface area (Å²) in [6.07, 6.45) is 0. The maximum absolute atomic E-state index is 13.3. The molecule has 2 aromatic rings. The van der Waals surface area contributed by atoms with Crippen LogP contribution in [-0.4, -0.2) is 11.1 Å². The number of hydrogen-bond donors (Lipinski definition) is 2. The summed E-state index contributed by atoms with van der Waals surface area (Å²) >= 11 is 5.54. The molecule has 6 heteroatoms. The third-order valence-corrected chi connectivity index (χ3v) is 2.72. The molecule has 0 heterocycles. The zero-order valence-corrected chi connectivity index (χ0v) is 10.2. The van der Waals surface area contributed by atoms with Gasteiger partial charge in [0.05, 0.1) is 16.3 Å². The van der Waals surface area contributed by atoms with E-state index in [4.69, 9.17) is 16.7 Å². The van der Waals surface area contributed by atoms with Gasteiger partial charge in [0.15, 0.2) is 0 Å². The molecule has 2 rings (SSSR count). The van der Waals surface area contributed by atoms with Crippen molar-refractivity contribution in [2.45, 2.75) is 0 Å². The largest absolute Gasteiger partial charge is 0.478 e. The molecule has 0 aliphatic heterocycles. The maximum atomic E-state index is 13.3. The second kappa shape index (κ2) is 5.24. The van der Waals surface area contributed by atoms with Crippen molar-refractivity contribution in [3.8, 4) is 0 Å². The van der Waals surface area contributed by atoms with E-state index in [9.17, 15) is 13.6 Å². The SMILES string of the molecule is O=C(O)c1cc(F)ccc1Nc1ccc(Cl)c(F)c1. The summed E-state index contributed by atoms with van der Waals surface area (Å²) < 4.78 is 26.3. The van der Waals surface area contributed by atoms with Gasteiger partial charge in [-0.05, 0) is 36.4 Å². The zero-order valence-electron chi connectivity index (χ0n) is 9.45. The van der Waals surface area contributed by atoms with E-state index in [1.54, 1.807) is 0 Å². The van der Waals surface area contributed by atoms with Crippen LogP contribution in [0.25, 0.3) is 0 Å². The normalized spacial score (nSPS) is 10.3. The Hall–Kier alpha value is -2.14. The molecule has 0 bridgehead atoms. The first-order chi connectivity index (χ1) is 8.97. The molecular weight excluding hydrogens is 276 g/mol. The summed E-state index contributed by atoms with van der Waals surface area (Å²) in [5, 5.41) is 11.6. The van der Waals surface area contributed by atoms with Crippen molar-refractivity contribution in [2.75, 3.05) is 5.32 Å². The van der Waals surface area contributed by atoms with E-state index in [2.05, 4.69) is 5.32 Å². The van der Waals surface area contributed by atoms with Crippen molar-refractivity contribution in [2.24, 2.45) is 0 Å². The van der Waals surface area contributed by atoms with Crippen molar-refractivity contribution >= 4 is 28.9 Å². The molecule has 98 valence electrons. The lowest BCUT2D eigenvalue weighted by Gasteiger charge is -2.10. The highest BCUT2D eigenvalue weighted by Gasteiger charge is 2.12. The third kappa shape index (κ3) is 3.00. The van der Waals surface area contributed by atoms with Crippen molar-refractivity contribution < 1.29 is 18.7 Å². The van der Waals surface area contributed by atoms with Gasteiger partial charge in [0.1, 0.15) is 11.6 Å². The number of halogens is 3. The van der Waals surface area contributed by atoms with Gasteiger partial charge in [-0.1, -0.05) is 11.6 Å². The second-order valence-corrected chi connectivity index (χ2v) is 4.16. The summed E-state index contributed by atoms with van der Waals surface area (Å²) in [5.74, 6) is -2.58. The van der Waals surface area contributed by atoms with Crippen molar-refractivity contribution in [3.05, 3.63) is 58.6 Å². The smallest absolute Gasteiger partial charge is 0.337 e. The highest BCUT2D eigenvalue weighted by atomic mass is 35.5.